The number of amides is 1. The van der Waals surface area contributed by atoms with Crippen LogP contribution in [0.15, 0.2) is 42.6 Å². The molecule has 0 unspecified atom stereocenters. The van der Waals surface area contributed by atoms with Gasteiger partial charge in [-0.25, -0.2) is 4.98 Å². The first-order chi connectivity index (χ1) is 13.3. The summed E-state index contributed by atoms with van der Waals surface area (Å²) >= 11 is 0. The Kier molecular flexibility index (Phi) is 7.04. The molecule has 6 heteroatoms. The zero-order valence-corrected chi connectivity index (χ0v) is 15.7. The van der Waals surface area contributed by atoms with Crippen molar-refractivity contribution in [3.05, 3.63) is 48.2 Å². The van der Waals surface area contributed by atoms with E-state index in [0.29, 0.717) is 24.7 Å². The number of carbonyl (C=O) groups is 1. The molecular formula is C21H27N3O3. The zero-order valence-electron chi connectivity index (χ0n) is 15.7. The highest BCUT2D eigenvalue weighted by Gasteiger charge is 2.15. The van der Waals surface area contributed by atoms with Crippen LogP contribution >= 0.6 is 0 Å². The second-order valence-electron chi connectivity index (χ2n) is 6.76. The molecule has 27 heavy (non-hydrogen) atoms. The van der Waals surface area contributed by atoms with Crippen molar-refractivity contribution in [2.24, 2.45) is 5.92 Å². The van der Waals surface area contributed by atoms with Crippen LogP contribution in [0.1, 0.15) is 36.0 Å². The lowest BCUT2D eigenvalue weighted by molar-refractivity contribution is 0.101. The van der Waals surface area contributed by atoms with E-state index in [0.717, 1.165) is 23.8 Å². The molecule has 1 heterocycles. The molecule has 0 bridgehead atoms. The van der Waals surface area contributed by atoms with Crippen molar-refractivity contribution in [2.45, 2.75) is 25.7 Å². The SMILES string of the molecule is COCCOc1ncccc1C(=O)Nc1ccc(NCC2CCCC2)cc1. The number of nitrogens with zero attached hydrogens (tertiary/aromatic N) is 1. The Hall–Kier alpha value is -2.60. The fourth-order valence-corrected chi connectivity index (χ4v) is 3.25. The highest BCUT2D eigenvalue weighted by atomic mass is 16.5. The Balaban J connectivity index is 1.56. The van der Waals surface area contributed by atoms with Crippen molar-refractivity contribution in [3.63, 3.8) is 0 Å². The zero-order chi connectivity index (χ0) is 18.9. The predicted octanol–water partition coefficient (Wildman–Crippen LogP) is 3.96. The largest absolute Gasteiger partial charge is 0.475 e. The maximum atomic E-state index is 12.6. The summed E-state index contributed by atoms with van der Waals surface area (Å²) in [6.07, 6.45) is 6.94. The maximum absolute atomic E-state index is 12.6. The molecular weight excluding hydrogens is 342 g/mol. The lowest BCUT2D eigenvalue weighted by atomic mass is 10.1. The summed E-state index contributed by atoms with van der Waals surface area (Å²) in [5.74, 6) is 0.843. The second-order valence-corrected chi connectivity index (χ2v) is 6.76. The van der Waals surface area contributed by atoms with Gasteiger partial charge in [-0.1, -0.05) is 12.8 Å². The molecule has 1 saturated carbocycles. The van der Waals surface area contributed by atoms with Crippen LogP contribution in [0.5, 0.6) is 5.88 Å². The van der Waals surface area contributed by atoms with Gasteiger partial charge in [-0.15, -0.1) is 0 Å². The minimum Gasteiger partial charge on any atom is -0.475 e. The molecule has 0 aliphatic heterocycles. The van der Waals surface area contributed by atoms with Gasteiger partial charge >= 0.3 is 0 Å². The molecule has 1 amide bonds. The highest BCUT2D eigenvalue weighted by Crippen LogP contribution is 2.25. The molecule has 1 aromatic carbocycles. The topological polar surface area (TPSA) is 72.5 Å². The lowest BCUT2D eigenvalue weighted by Gasteiger charge is -2.13. The number of hydrogen-bond donors (Lipinski definition) is 2. The molecule has 0 radical (unpaired) electrons. The Labute approximate surface area is 160 Å². The van der Waals surface area contributed by atoms with Crippen LogP contribution in [-0.4, -0.2) is 37.8 Å². The Morgan fingerprint density at radius 3 is 2.59 bits per heavy atom. The van der Waals surface area contributed by atoms with E-state index in [2.05, 4.69) is 15.6 Å². The van der Waals surface area contributed by atoms with E-state index in [1.807, 2.05) is 24.3 Å². The normalized spacial score (nSPS) is 14.1. The van der Waals surface area contributed by atoms with Gasteiger partial charge in [0, 0.05) is 31.2 Å². The van der Waals surface area contributed by atoms with Gasteiger partial charge in [-0.3, -0.25) is 4.79 Å². The quantitative estimate of drug-likeness (QED) is 0.655. The number of anilines is 2. The van der Waals surface area contributed by atoms with E-state index >= 15 is 0 Å². The number of hydrogen-bond acceptors (Lipinski definition) is 5. The van der Waals surface area contributed by atoms with Crippen molar-refractivity contribution in [3.8, 4) is 5.88 Å². The number of nitrogens with one attached hydrogen (secondary N) is 2. The van der Waals surface area contributed by atoms with Crippen LogP contribution < -0.4 is 15.4 Å². The molecule has 1 aliphatic rings. The van der Waals surface area contributed by atoms with Crippen molar-refractivity contribution in [2.75, 3.05) is 37.5 Å². The monoisotopic (exact) mass is 369 g/mol. The van der Waals surface area contributed by atoms with Crippen LogP contribution in [0.4, 0.5) is 11.4 Å². The molecule has 0 saturated heterocycles. The Morgan fingerprint density at radius 2 is 1.85 bits per heavy atom. The van der Waals surface area contributed by atoms with Gasteiger partial charge in [0.05, 0.1) is 6.61 Å². The minimum atomic E-state index is -0.248. The molecule has 144 valence electrons. The second kappa shape index (κ2) is 9.92. The highest BCUT2D eigenvalue weighted by molar-refractivity contribution is 6.05. The van der Waals surface area contributed by atoms with E-state index in [9.17, 15) is 4.79 Å². The molecule has 6 nitrogen and oxygen atoms in total. The fraction of sp³-hybridized carbons (Fsp3) is 0.429. The van der Waals surface area contributed by atoms with Gasteiger partial charge in [-0.05, 0) is 55.2 Å². The van der Waals surface area contributed by atoms with Crippen LogP contribution in [0.3, 0.4) is 0 Å². The number of rotatable bonds is 9. The summed E-state index contributed by atoms with van der Waals surface area (Å²) in [4.78, 5) is 16.7. The lowest BCUT2D eigenvalue weighted by Crippen LogP contribution is -2.16. The van der Waals surface area contributed by atoms with Crippen LogP contribution in [0.2, 0.25) is 0 Å². The molecule has 0 atom stereocenters. The first kappa shape index (κ1) is 19.2. The summed E-state index contributed by atoms with van der Waals surface area (Å²) in [7, 11) is 1.60. The molecule has 1 aliphatic carbocycles. The third-order valence-electron chi connectivity index (χ3n) is 4.75. The molecule has 2 N–H and O–H groups in total. The van der Waals surface area contributed by atoms with E-state index < -0.39 is 0 Å². The third kappa shape index (κ3) is 5.69. The van der Waals surface area contributed by atoms with Crippen molar-refractivity contribution in [1.82, 2.24) is 4.98 Å². The number of aromatic nitrogens is 1. The van der Waals surface area contributed by atoms with E-state index in [1.54, 1.807) is 25.4 Å². The van der Waals surface area contributed by atoms with Gasteiger partial charge in [0.25, 0.3) is 5.91 Å². The Bertz CT molecular complexity index is 728. The molecule has 0 spiro atoms. The van der Waals surface area contributed by atoms with Crippen LogP contribution in [-0.2, 0) is 4.74 Å². The van der Waals surface area contributed by atoms with Crippen molar-refractivity contribution < 1.29 is 14.3 Å². The summed E-state index contributed by atoms with van der Waals surface area (Å²) < 4.78 is 10.5. The molecule has 1 aromatic heterocycles. The van der Waals surface area contributed by atoms with Gasteiger partial charge in [-0.2, -0.15) is 0 Å². The van der Waals surface area contributed by atoms with Crippen molar-refractivity contribution >= 4 is 17.3 Å². The molecule has 1 fully saturated rings. The first-order valence-electron chi connectivity index (χ1n) is 9.48. The minimum absolute atomic E-state index is 0.248. The summed E-state index contributed by atoms with van der Waals surface area (Å²) in [6.45, 7) is 1.80. The van der Waals surface area contributed by atoms with Gasteiger partial charge in [0.15, 0.2) is 0 Å². The third-order valence-corrected chi connectivity index (χ3v) is 4.75. The number of ether oxygens (including phenoxy) is 2. The predicted molar refractivity (Wildman–Crippen MR) is 106 cm³/mol. The van der Waals surface area contributed by atoms with Crippen LogP contribution in [0.25, 0.3) is 0 Å². The van der Waals surface area contributed by atoms with Gasteiger partial charge in [0.2, 0.25) is 5.88 Å². The molecule has 2 aromatic rings. The number of pyridine rings is 1. The molecule has 3 rings (SSSR count). The van der Waals surface area contributed by atoms with E-state index in [1.165, 1.54) is 25.7 Å². The summed E-state index contributed by atoms with van der Waals surface area (Å²) in [5, 5.41) is 6.38. The summed E-state index contributed by atoms with van der Waals surface area (Å²) in [5.41, 5.74) is 2.21. The summed E-state index contributed by atoms with van der Waals surface area (Å²) in [6, 6.07) is 11.2. The van der Waals surface area contributed by atoms with Gasteiger partial charge < -0.3 is 20.1 Å². The first-order valence-corrected chi connectivity index (χ1v) is 9.48. The average Bonchev–Trinajstić information content (AvgIpc) is 3.22. The smallest absolute Gasteiger partial charge is 0.261 e. The maximum Gasteiger partial charge on any atom is 0.261 e. The van der Waals surface area contributed by atoms with Gasteiger partial charge in [0.1, 0.15) is 12.2 Å². The number of carbonyl (C=O) groups excluding carboxylic acids is 1. The van der Waals surface area contributed by atoms with Crippen LogP contribution in [0, 0.1) is 5.92 Å². The average molecular weight is 369 g/mol. The fourth-order valence-electron chi connectivity index (χ4n) is 3.25. The van der Waals surface area contributed by atoms with Crippen molar-refractivity contribution in [1.29, 1.82) is 0 Å². The van der Waals surface area contributed by atoms with E-state index in [4.69, 9.17) is 9.47 Å². The number of benzene rings is 1. The standard InChI is InChI=1S/C21H27N3O3/c1-26-13-14-27-21-19(7-4-12-22-21)20(25)24-18-10-8-17(9-11-18)23-15-16-5-2-3-6-16/h4,7-12,16,23H,2-3,5-6,13-15H2,1H3,(H,24,25). The Morgan fingerprint density at radius 1 is 1.11 bits per heavy atom. The number of methoxy groups -OCH3 is 1. The van der Waals surface area contributed by atoms with E-state index in [-0.39, 0.29) is 5.91 Å².